The molecule has 4 aromatic rings. The van der Waals surface area contributed by atoms with E-state index in [0.717, 1.165) is 12.1 Å². The number of hydrogen-bond acceptors (Lipinski definition) is 2. The number of halogens is 4. The zero-order valence-electron chi connectivity index (χ0n) is 13.2. The Balaban J connectivity index is 1.99. The van der Waals surface area contributed by atoms with Crippen LogP contribution in [0.4, 0.5) is 17.6 Å². The summed E-state index contributed by atoms with van der Waals surface area (Å²) in [7, 11) is 0. The summed E-state index contributed by atoms with van der Waals surface area (Å²) in [4.78, 5) is 8.73. The average Bonchev–Trinajstić information content (AvgIpc) is 3.01. The van der Waals surface area contributed by atoms with Crippen molar-refractivity contribution < 1.29 is 17.6 Å². The average molecular weight is 357 g/mol. The molecule has 0 amide bonds. The number of rotatable bonds is 2. The first-order chi connectivity index (χ1) is 12.4. The molecule has 26 heavy (non-hydrogen) atoms. The summed E-state index contributed by atoms with van der Waals surface area (Å²) in [5.41, 5.74) is 1.10. The number of alkyl halides is 3. The van der Waals surface area contributed by atoms with Crippen molar-refractivity contribution in [2.75, 3.05) is 0 Å². The predicted molar refractivity (Wildman–Crippen MR) is 89.3 cm³/mol. The van der Waals surface area contributed by atoms with Crippen molar-refractivity contribution in [2.24, 2.45) is 0 Å². The van der Waals surface area contributed by atoms with Crippen LogP contribution in [0.1, 0.15) is 5.56 Å². The molecule has 0 unspecified atom stereocenters. The molecule has 3 nitrogen and oxygen atoms in total. The number of pyridine rings is 1. The molecule has 4 rings (SSSR count). The fraction of sp³-hybridized carbons (Fsp3) is 0.0526. The lowest BCUT2D eigenvalue weighted by atomic mass is 10.1. The molecule has 0 radical (unpaired) electrons. The van der Waals surface area contributed by atoms with Gasteiger partial charge in [0.2, 0.25) is 0 Å². The second kappa shape index (κ2) is 5.94. The van der Waals surface area contributed by atoms with Crippen molar-refractivity contribution in [3.63, 3.8) is 0 Å². The molecule has 0 bridgehead atoms. The van der Waals surface area contributed by atoms with Gasteiger partial charge < -0.3 is 0 Å². The molecule has 2 heterocycles. The van der Waals surface area contributed by atoms with E-state index in [1.54, 1.807) is 29.0 Å². The van der Waals surface area contributed by atoms with Crippen LogP contribution in [0, 0.1) is 5.82 Å². The summed E-state index contributed by atoms with van der Waals surface area (Å²) in [6.45, 7) is 0. The maximum absolute atomic E-state index is 13.3. The smallest absolute Gasteiger partial charge is 0.277 e. The quantitative estimate of drug-likeness (QED) is 0.459. The van der Waals surface area contributed by atoms with Gasteiger partial charge in [0, 0.05) is 17.4 Å². The van der Waals surface area contributed by atoms with E-state index >= 15 is 0 Å². The van der Waals surface area contributed by atoms with Crippen LogP contribution in [0.15, 0.2) is 66.9 Å². The van der Waals surface area contributed by atoms with Crippen LogP contribution in [-0.2, 0) is 6.18 Å². The Labute approximate surface area is 145 Å². The molecule has 0 saturated carbocycles. The number of fused-ring (bicyclic) bond motifs is 1. The molecular formula is C19H11F4N3. The predicted octanol–water partition coefficient (Wildman–Crippen LogP) is 5.25. The van der Waals surface area contributed by atoms with Gasteiger partial charge in [0.15, 0.2) is 5.65 Å². The minimum Gasteiger partial charge on any atom is -0.277 e. The third-order valence-corrected chi connectivity index (χ3v) is 3.95. The molecule has 130 valence electrons. The third kappa shape index (κ3) is 2.81. The van der Waals surface area contributed by atoms with Crippen molar-refractivity contribution in [1.82, 2.24) is 14.5 Å². The summed E-state index contributed by atoms with van der Waals surface area (Å²) in [6.07, 6.45) is -2.89. The normalized spacial score (nSPS) is 11.8. The molecule has 2 aromatic carbocycles. The topological polar surface area (TPSA) is 30.7 Å². The maximum Gasteiger partial charge on any atom is 0.416 e. The second-order valence-corrected chi connectivity index (χ2v) is 5.67. The largest absolute Gasteiger partial charge is 0.416 e. The number of imidazole rings is 1. The van der Waals surface area contributed by atoms with Gasteiger partial charge in [-0.1, -0.05) is 12.1 Å². The van der Waals surface area contributed by atoms with Gasteiger partial charge >= 0.3 is 6.18 Å². The lowest BCUT2D eigenvalue weighted by molar-refractivity contribution is -0.137. The highest BCUT2D eigenvalue weighted by molar-refractivity contribution is 5.80. The molecule has 0 aliphatic rings. The van der Waals surface area contributed by atoms with Crippen LogP contribution in [0.3, 0.4) is 0 Å². The third-order valence-electron chi connectivity index (χ3n) is 3.95. The lowest BCUT2D eigenvalue weighted by Crippen LogP contribution is -2.05. The van der Waals surface area contributed by atoms with Crippen LogP contribution < -0.4 is 0 Å². The molecule has 0 fully saturated rings. The van der Waals surface area contributed by atoms with Crippen molar-refractivity contribution in [2.45, 2.75) is 6.18 Å². The minimum absolute atomic E-state index is 0.294. The molecule has 2 aromatic heterocycles. The van der Waals surface area contributed by atoms with E-state index in [-0.39, 0.29) is 0 Å². The summed E-state index contributed by atoms with van der Waals surface area (Å²) in [5.74, 6) is -0.108. The van der Waals surface area contributed by atoms with Crippen molar-refractivity contribution in [3.8, 4) is 17.1 Å². The highest BCUT2D eigenvalue weighted by atomic mass is 19.4. The Bertz CT molecular complexity index is 1080. The van der Waals surface area contributed by atoms with Crippen molar-refractivity contribution >= 4 is 11.2 Å². The van der Waals surface area contributed by atoms with Gasteiger partial charge in [-0.25, -0.2) is 14.4 Å². The number of aromatic nitrogens is 3. The van der Waals surface area contributed by atoms with E-state index in [9.17, 15) is 17.6 Å². The molecular weight excluding hydrogens is 346 g/mol. The zero-order chi connectivity index (χ0) is 18.3. The number of benzene rings is 2. The van der Waals surface area contributed by atoms with Crippen molar-refractivity contribution in [1.29, 1.82) is 0 Å². The van der Waals surface area contributed by atoms with E-state index in [4.69, 9.17) is 0 Å². The summed E-state index contributed by atoms with van der Waals surface area (Å²) < 4.78 is 54.1. The van der Waals surface area contributed by atoms with E-state index < -0.39 is 17.6 Å². The second-order valence-electron chi connectivity index (χ2n) is 5.67. The highest BCUT2D eigenvalue weighted by Crippen LogP contribution is 2.33. The van der Waals surface area contributed by atoms with E-state index in [1.807, 2.05) is 0 Å². The summed E-state index contributed by atoms with van der Waals surface area (Å²) >= 11 is 0. The summed E-state index contributed by atoms with van der Waals surface area (Å²) in [6, 6.07) is 14.0. The van der Waals surface area contributed by atoms with Crippen molar-refractivity contribution in [3.05, 3.63) is 78.2 Å². The molecule has 0 aliphatic heterocycles. The Morgan fingerprint density at radius 2 is 1.65 bits per heavy atom. The monoisotopic (exact) mass is 357 g/mol. The van der Waals surface area contributed by atoms with Gasteiger partial charge in [-0.15, -0.1) is 0 Å². The highest BCUT2D eigenvalue weighted by Gasteiger charge is 2.31. The Morgan fingerprint density at radius 1 is 0.885 bits per heavy atom. The van der Waals surface area contributed by atoms with E-state index in [0.29, 0.717) is 28.2 Å². The molecule has 0 spiro atoms. The van der Waals surface area contributed by atoms with Gasteiger partial charge in [0.1, 0.15) is 17.2 Å². The van der Waals surface area contributed by atoms with Crippen LogP contribution in [-0.4, -0.2) is 14.5 Å². The van der Waals surface area contributed by atoms with E-state index in [1.165, 1.54) is 30.3 Å². The Kier molecular flexibility index (Phi) is 3.72. The van der Waals surface area contributed by atoms with Gasteiger partial charge in [-0.05, 0) is 48.5 Å². The first-order valence-electron chi connectivity index (χ1n) is 7.70. The van der Waals surface area contributed by atoms with Gasteiger partial charge in [0.05, 0.1) is 5.56 Å². The summed E-state index contributed by atoms with van der Waals surface area (Å²) in [5, 5.41) is 0. The number of nitrogens with zero attached hydrogens (tertiary/aromatic N) is 3. The Morgan fingerprint density at radius 3 is 2.38 bits per heavy atom. The maximum atomic E-state index is 13.3. The van der Waals surface area contributed by atoms with Crippen LogP contribution in [0.5, 0.6) is 0 Å². The van der Waals surface area contributed by atoms with Crippen LogP contribution in [0.2, 0.25) is 0 Å². The fourth-order valence-corrected chi connectivity index (χ4v) is 2.78. The van der Waals surface area contributed by atoms with Gasteiger partial charge in [-0.3, -0.25) is 4.57 Å². The molecule has 0 N–H and O–H groups in total. The van der Waals surface area contributed by atoms with Crippen LogP contribution in [0.25, 0.3) is 28.2 Å². The standard InChI is InChI=1S/C19H11F4N3/c20-14-6-8-15(9-7-14)26-17(25-16-5-2-10-24-18(16)26)12-3-1-4-13(11-12)19(21,22)23/h1-11H. The molecule has 0 saturated heterocycles. The SMILES string of the molecule is Fc1ccc(-n2c(-c3cccc(C(F)(F)F)c3)nc3cccnc32)cc1. The molecule has 7 heteroatoms. The molecule has 0 aliphatic carbocycles. The van der Waals surface area contributed by atoms with Gasteiger partial charge in [-0.2, -0.15) is 13.2 Å². The lowest BCUT2D eigenvalue weighted by Gasteiger charge is -2.11. The van der Waals surface area contributed by atoms with Crippen LogP contribution >= 0.6 is 0 Å². The minimum atomic E-state index is -4.46. The number of hydrogen-bond donors (Lipinski definition) is 0. The van der Waals surface area contributed by atoms with E-state index in [2.05, 4.69) is 9.97 Å². The van der Waals surface area contributed by atoms with Gasteiger partial charge in [0.25, 0.3) is 0 Å². The Hall–Kier alpha value is -3.22. The first-order valence-corrected chi connectivity index (χ1v) is 7.70. The molecule has 0 atom stereocenters. The fourth-order valence-electron chi connectivity index (χ4n) is 2.78. The zero-order valence-corrected chi connectivity index (χ0v) is 13.2. The first kappa shape index (κ1) is 16.3.